The number of carbonyl (C=O) groups is 2. The average Bonchev–Trinajstić information content (AvgIpc) is 3.15. The summed E-state index contributed by atoms with van der Waals surface area (Å²) >= 11 is 0. The Bertz CT molecular complexity index is 876. The van der Waals surface area contributed by atoms with Gasteiger partial charge in [-0.15, -0.1) is 0 Å². The Morgan fingerprint density at radius 2 is 1.77 bits per heavy atom. The second kappa shape index (κ2) is 8.11. The third kappa shape index (κ3) is 4.36. The molecule has 0 bridgehead atoms. The van der Waals surface area contributed by atoms with Crippen molar-refractivity contribution in [3.05, 3.63) is 83.6 Å². The molecule has 1 atom stereocenters. The normalized spacial score (nSPS) is 11.6. The summed E-state index contributed by atoms with van der Waals surface area (Å²) in [5.41, 5.74) is 2.69. The molecule has 3 rings (SSSR count). The Balaban J connectivity index is 1.76. The van der Waals surface area contributed by atoms with Gasteiger partial charge in [0.15, 0.2) is 0 Å². The summed E-state index contributed by atoms with van der Waals surface area (Å²) in [7, 11) is 0. The molecule has 2 aromatic carbocycles. The van der Waals surface area contributed by atoms with Gasteiger partial charge >= 0.3 is 0 Å². The third-order valence-corrected chi connectivity index (χ3v) is 4.07. The first-order valence-corrected chi connectivity index (χ1v) is 8.32. The van der Waals surface area contributed by atoms with Crippen molar-refractivity contribution in [2.75, 3.05) is 5.32 Å². The molecule has 0 radical (unpaired) electrons. The maximum atomic E-state index is 12.7. The first kappa shape index (κ1) is 17.4. The van der Waals surface area contributed by atoms with Crippen molar-refractivity contribution >= 4 is 17.6 Å². The number of carbonyl (C=O) groups excluding carboxylic acids is 2. The second-order valence-corrected chi connectivity index (χ2v) is 5.97. The standard InChI is InChI=1S/C20H20N4O2/c1-14-7-5-6-10-16(14)13-18(25)23-19(15-8-3-2-4-9-15)20(26)22-17-11-12-21-24-17/h2-12,19H,13H2,1H3,(H,23,25)(H2,21,22,24,26)/t19-/m0/s1. The van der Waals surface area contributed by atoms with Gasteiger partial charge < -0.3 is 10.6 Å². The number of amides is 2. The molecule has 1 aromatic heterocycles. The predicted molar refractivity (Wildman–Crippen MR) is 99.4 cm³/mol. The van der Waals surface area contributed by atoms with E-state index < -0.39 is 6.04 Å². The van der Waals surface area contributed by atoms with Crippen LogP contribution in [0, 0.1) is 6.92 Å². The fourth-order valence-electron chi connectivity index (χ4n) is 2.67. The number of H-pyrrole nitrogens is 1. The number of nitrogens with zero attached hydrogens (tertiary/aromatic N) is 1. The lowest BCUT2D eigenvalue weighted by molar-refractivity contribution is -0.126. The largest absolute Gasteiger partial charge is 0.340 e. The van der Waals surface area contributed by atoms with Crippen LogP contribution in [0.15, 0.2) is 66.9 Å². The van der Waals surface area contributed by atoms with Gasteiger partial charge in [-0.2, -0.15) is 5.10 Å². The summed E-state index contributed by atoms with van der Waals surface area (Å²) in [5.74, 6) is -0.0735. The Hall–Kier alpha value is -3.41. The highest BCUT2D eigenvalue weighted by atomic mass is 16.2. The minimum absolute atomic E-state index is 0.215. The van der Waals surface area contributed by atoms with Crippen molar-refractivity contribution in [3.63, 3.8) is 0 Å². The number of benzene rings is 2. The summed E-state index contributed by atoms with van der Waals surface area (Å²) in [5, 5.41) is 12.1. The highest BCUT2D eigenvalue weighted by molar-refractivity contribution is 5.97. The number of hydrogen-bond donors (Lipinski definition) is 3. The number of rotatable bonds is 6. The SMILES string of the molecule is Cc1ccccc1CC(=O)N[C@H](C(=O)Nc1ccn[nH]1)c1ccccc1. The summed E-state index contributed by atoms with van der Waals surface area (Å²) in [6.07, 6.45) is 1.76. The molecule has 0 fully saturated rings. The van der Waals surface area contributed by atoms with Crippen LogP contribution in [0.2, 0.25) is 0 Å². The maximum absolute atomic E-state index is 12.7. The van der Waals surface area contributed by atoms with Crippen LogP contribution in [-0.2, 0) is 16.0 Å². The van der Waals surface area contributed by atoms with Gasteiger partial charge in [-0.05, 0) is 23.6 Å². The van der Waals surface area contributed by atoms with E-state index in [-0.39, 0.29) is 18.2 Å². The number of aryl methyl sites for hydroxylation is 1. The van der Waals surface area contributed by atoms with E-state index in [4.69, 9.17) is 0 Å². The topological polar surface area (TPSA) is 86.9 Å². The van der Waals surface area contributed by atoms with Gasteiger partial charge in [0.05, 0.1) is 12.6 Å². The van der Waals surface area contributed by atoms with E-state index in [1.165, 1.54) is 0 Å². The van der Waals surface area contributed by atoms with Crippen LogP contribution in [0.3, 0.4) is 0 Å². The smallest absolute Gasteiger partial charge is 0.252 e. The van der Waals surface area contributed by atoms with Gasteiger partial charge in [-0.1, -0.05) is 54.6 Å². The quantitative estimate of drug-likeness (QED) is 0.640. The van der Waals surface area contributed by atoms with Crippen LogP contribution in [0.4, 0.5) is 5.82 Å². The lowest BCUT2D eigenvalue weighted by atomic mass is 10.0. The molecule has 6 heteroatoms. The number of aromatic amines is 1. The highest BCUT2D eigenvalue weighted by Gasteiger charge is 2.23. The summed E-state index contributed by atoms with van der Waals surface area (Å²) in [4.78, 5) is 25.2. The van der Waals surface area contributed by atoms with Gasteiger partial charge in [0.2, 0.25) is 5.91 Å². The Kier molecular flexibility index (Phi) is 5.43. The Morgan fingerprint density at radius 3 is 2.46 bits per heavy atom. The molecule has 0 saturated heterocycles. The summed E-state index contributed by atoms with van der Waals surface area (Å²) in [6.45, 7) is 1.96. The summed E-state index contributed by atoms with van der Waals surface area (Å²) in [6, 6.07) is 17.7. The van der Waals surface area contributed by atoms with E-state index in [2.05, 4.69) is 20.8 Å². The highest BCUT2D eigenvalue weighted by Crippen LogP contribution is 2.16. The van der Waals surface area contributed by atoms with Crippen LogP contribution < -0.4 is 10.6 Å². The van der Waals surface area contributed by atoms with E-state index in [9.17, 15) is 9.59 Å². The van der Waals surface area contributed by atoms with Crippen LogP contribution in [0.5, 0.6) is 0 Å². The van der Waals surface area contributed by atoms with Crippen molar-refractivity contribution in [1.29, 1.82) is 0 Å². The number of anilines is 1. The second-order valence-electron chi connectivity index (χ2n) is 5.97. The molecule has 26 heavy (non-hydrogen) atoms. The molecule has 0 aliphatic rings. The van der Waals surface area contributed by atoms with E-state index in [1.54, 1.807) is 12.3 Å². The Labute approximate surface area is 151 Å². The molecule has 0 aliphatic carbocycles. The molecule has 0 unspecified atom stereocenters. The minimum Gasteiger partial charge on any atom is -0.340 e. The molecular formula is C20H20N4O2. The molecule has 1 heterocycles. The number of hydrogen-bond acceptors (Lipinski definition) is 3. The van der Waals surface area contributed by atoms with Crippen molar-refractivity contribution in [3.8, 4) is 0 Å². The van der Waals surface area contributed by atoms with Gasteiger partial charge in [0, 0.05) is 6.07 Å². The Morgan fingerprint density at radius 1 is 1.04 bits per heavy atom. The van der Waals surface area contributed by atoms with E-state index >= 15 is 0 Å². The zero-order chi connectivity index (χ0) is 18.4. The molecule has 0 saturated carbocycles. The zero-order valence-electron chi connectivity index (χ0n) is 14.4. The minimum atomic E-state index is -0.795. The molecular weight excluding hydrogens is 328 g/mol. The fraction of sp³-hybridized carbons (Fsp3) is 0.150. The van der Waals surface area contributed by atoms with Crippen LogP contribution in [-0.4, -0.2) is 22.0 Å². The van der Waals surface area contributed by atoms with Crippen molar-refractivity contribution < 1.29 is 9.59 Å². The average molecular weight is 348 g/mol. The van der Waals surface area contributed by atoms with Crippen molar-refractivity contribution in [1.82, 2.24) is 15.5 Å². The van der Waals surface area contributed by atoms with Crippen LogP contribution in [0.1, 0.15) is 22.7 Å². The van der Waals surface area contributed by atoms with Crippen LogP contribution >= 0.6 is 0 Å². The first-order chi connectivity index (χ1) is 12.6. The lowest BCUT2D eigenvalue weighted by Crippen LogP contribution is -2.37. The molecule has 132 valence electrons. The van der Waals surface area contributed by atoms with Crippen molar-refractivity contribution in [2.24, 2.45) is 0 Å². The van der Waals surface area contributed by atoms with Gasteiger partial charge in [-0.25, -0.2) is 0 Å². The molecule has 0 spiro atoms. The molecule has 0 aliphatic heterocycles. The van der Waals surface area contributed by atoms with E-state index in [1.807, 2.05) is 61.5 Å². The molecule has 3 N–H and O–H groups in total. The lowest BCUT2D eigenvalue weighted by Gasteiger charge is -2.19. The number of nitrogens with one attached hydrogen (secondary N) is 3. The first-order valence-electron chi connectivity index (χ1n) is 8.32. The fourth-order valence-corrected chi connectivity index (χ4v) is 2.67. The maximum Gasteiger partial charge on any atom is 0.252 e. The third-order valence-electron chi connectivity index (χ3n) is 4.07. The van der Waals surface area contributed by atoms with Crippen molar-refractivity contribution in [2.45, 2.75) is 19.4 Å². The van der Waals surface area contributed by atoms with Gasteiger partial charge in [-0.3, -0.25) is 14.7 Å². The molecule has 6 nitrogen and oxygen atoms in total. The number of aromatic nitrogens is 2. The molecule has 3 aromatic rings. The monoisotopic (exact) mass is 348 g/mol. The van der Waals surface area contributed by atoms with Gasteiger partial charge in [0.25, 0.3) is 5.91 Å². The summed E-state index contributed by atoms with van der Waals surface area (Å²) < 4.78 is 0. The van der Waals surface area contributed by atoms with Crippen LogP contribution in [0.25, 0.3) is 0 Å². The van der Waals surface area contributed by atoms with E-state index in [0.717, 1.165) is 11.1 Å². The van der Waals surface area contributed by atoms with E-state index in [0.29, 0.717) is 11.4 Å². The zero-order valence-corrected chi connectivity index (χ0v) is 14.4. The predicted octanol–water partition coefficient (Wildman–Crippen LogP) is 2.76. The molecule has 2 amide bonds. The van der Waals surface area contributed by atoms with Gasteiger partial charge in [0.1, 0.15) is 11.9 Å².